The molecule has 1 rings (SSSR count). The van der Waals surface area contributed by atoms with Gasteiger partial charge in [0.25, 0.3) is 0 Å². The molecule has 106 valence electrons. The second kappa shape index (κ2) is 11.4. The van der Waals surface area contributed by atoms with Crippen molar-refractivity contribution in [1.29, 1.82) is 0 Å². The molecule has 0 aliphatic rings. The van der Waals surface area contributed by atoms with Gasteiger partial charge < -0.3 is 0 Å². The van der Waals surface area contributed by atoms with Gasteiger partial charge in [-0.05, 0) is 47.6 Å². The smallest absolute Gasteiger partial charge is 0.0467 e. The molecule has 0 bridgehead atoms. The van der Waals surface area contributed by atoms with Crippen molar-refractivity contribution < 1.29 is 0 Å². The SMILES string of the molecule is CCCCCCC(I)C/C=C(\I)Sc1ccccc1. The van der Waals surface area contributed by atoms with Crippen LogP contribution in [0.1, 0.15) is 45.4 Å². The van der Waals surface area contributed by atoms with E-state index in [2.05, 4.69) is 88.5 Å². The second-order valence-corrected chi connectivity index (χ2v) is 9.38. The first-order valence-corrected chi connectivity index (χ1v) is 10.1. The van der Waals surface area contributed by atoms with Crippen LogP contribution >= 0.6 is 56.9 Å². The van der Waals surface area contributed by atoms with E-state index in [-0.39, 0.29) is 0 Å². The molecule has 19 heavy (non-hydrogen) atoms. The minimum absolute atomic E-state index is 0.788. The Hall–Kier alpha value is 0.770. The number of unbranched alkanes of at least 4 members (excludes halogenated alkanes) is 3. The molecular formula is C16H22I2S. The van der Waals surface area contributed by atoms with E-state index in [4.69, 9.17) is 0 Å². The molecule has 0 aliphatic heterocycles. The fourth-order valence-corrected chi connectivity index (χ4v) is 4.18. The lowest BCUT2D eigenvalue weighted by molar-refractivity contribution is 0.627. The molecule has 0 aromatic heterocycles. The van der Waals surface area contributed by atoms with Crippen molar-refractivity contribution in [2.45, 2.75) is 54.3 Å². The summed E-state index contributed by atoms with van der Waals surface area (Å²) >= 11 is 6.91. The van der Waals surface area contributed by atoms with Crippen molar-refractivity contribution in [2.75, 3.05) is 0 Å². The summed E-state index contributed by atoms with van der Waals surface area (Å²) in [5.74, 6) is 0. The Bertz CT molecular complexity index is 362. The lowest BCUT2D eigenvalue weighted by atomic mass is 10.1. The number of allylic oxidation sites excluding steroid dienone is 1. The van der Waals surface area contributed by atoms with Crippen LogP contribution in [-0.4, -0.2) is 3.92 Å². The maximum absolute atomic E-state index is 2.60. The van der Waals surface area contributed by atoms with Crippen molar-refractivity contribution in [3.63, 3.8) is 0 Å². The van der Waals surface area contributed by atoms with Gasteiger partial charge in [-0.25, -0.2) is 0 Å². The Balaban J connectivity index is 2.23. The zero-order valence-electron chi connectivity index (χ0n) is 11.4. The van der Waals surface area contributed by atoms with Crippen LogP contribution in [0.2, 0.25) is 0 Å². The maximum Gasteiger partial charge on any atom is 0.0467 e. The first kappa shape index (κ1) is 17.8. The van der Waals surface area contributed by atoms with Crippen LogP contribution in [0.3, 0.4) is 0 Å². The van der Waals surface area contributed by atoms with E-state index in [0.29, 0.717) is 0 Å². The van der Waals surface area contributed by atoms with Crippen molar-refractivity contribution in [3.05, 3.63) is 39.3 Å². The molecule has 0 N–H and O–H groups in total. The maximum atomic E-state index is 2.60. The van der Waals surface area contributed by atoms with E-state index < -0.39 is 0 Å². The minimum atomic E-state index is 0.788. The van der Waals surface area contributed by atoms with Crippen molar-refractivity contribution >= 4 is 56.9 Å². The average Bonchev–Trinajstić information content (AvgIpc) is 2.42. The fraction of sp³-hybridized carbons (Fsp3) is 0.500. The van der Waals surface area contributed by atoms with Crippen LogP contribution < -0.4 is 0 Å². The zero-order valence-corrected chi connectivity index (χ0v) is 16.6. The number of hydrogen-bond donors (Lipinski definition) is 0. The summed E-state index contributed by atoms with van der Waals surface area (Å²) in [5.41, 5.74) is 0. The highest BCUT2D eigenvalue weighted by molar-refractivity contribution is 14.1. The Labute approximate surface area is 149 Å². The molecule has 1 unspecified atom stereocenters. The third-order valence-corrected chi connectivity index (χ3v) is 5.97. The third kappa shape index (κ3) is 9.34. The Morgan fingerprint density at radius 2 is 1.95 bits per heavy atom. The van der Waals surface area contributed by atoms with E-state index in [1.807, 2.05) is 11.8 Å². The molecule has 1 aromatic rings. The summed E-state index contributed by atoms with van der Waals surface area (Å²) < 4.78 is 2.18. The number of alkyl halides is 1. The van der Waals surface area contributed by atoms with Gasteiger partial charge in [-0.3, -0.25) is 0 Å². The van der Waals surface area contributed by atoms with Crippen LogP contribution in [0, 0.1) is 0 Å². The van der Waals surface area contributed by atoms with Crippen LogP contribution in [0.4, 0.5) is 0 Å². The summed E-state index contributed by atoms with van der Waals surface area (Å²) in [4.78, 5) is 1.33. The molecular weight excluding hydrogens is 478 g/mol. The molecule has 0 fully saturated rings. The number of benzene rings is 1. The van der Waals surface area contributed by atoms with Crippen molar-refractivity contribution in [2.24, 2.45) is 0 Å². The van der Waals surface area contributed by atoms with Crippen LogP contribution in [0.15, 0.2) is 44.2 Å². The Kier molecular flexibility index (Phi) is 10.7. The van der Waals surface area contributed by atoms with E-state index in [9.17, 15) is 0 Å². The minimum Gasteiger partial charge on any atom is -0.0838 e. The summed E-state index contributed by atoms with van der Waals surface area (Å²) in [7, 11) is 0. The van der Waals surface area contributed by atoms with Gasteiger partial charge in [-0.1, -0.05) is 91.2 Å². The number of thioether (sulfide) groups is 1. The summed E-state index contributed by atoms with van der Waals surface area (Å²) in [6, 6.07) is 10.6. The molecule has 0 saturated heterocycles. The summed E-state index contributed by atoms with van der Waals surface area (Å²) in [6.45, 7) is 2.27. The molecule has 3 heteroatoms. The van der Waals surface area contributed by atoms with Crippen molar-refractivity contribution in [3.8, 4) is 0 Å². The largest absolute Gasteiger partial charge is 0.0838 e. The van der Waals surface area contributed by atoms with Gasteiger partial charge in [0, 0.05) is 11.7 Å². The molecule has 0 spiro atoms. The quantitative estimate of drug-likeness (QED) is 0.149. The fourth-order valence-electron chi connectivity index (χ4n) is 1.77. The van der Waals surface area contributed by atoms with Gasteiger partial charge in [-0.2, -0.15) is 0 Å². The predicted molar refractivity (Wildman–Crippen MR) is 106 cm³/mol. The molecule has 0 saturated carbocycles. The Morgan fingerprint density at radius 3 is 2.63 bits per heavy atom. The lowest BCUT2D eigenvalue weighted by Gasteiger charge is -2.07. The van der Waals surface area contributed by atoms with Crippen molar-refractivity contribution in [1.82, 2.24) is 0 Å². The summed E-state index contributed by atoms with van der Waals surface area (Å²) in [6.07, 6.45) is 10.4. The van der Waals surface area contributed by atoms with Crippen LogP contribution in [0.5, 0.6) is 0 Å². The zero-order chi connectivity index (χ0) is 13.9. The summed E-state index contributed by atoms with van der Waals surface area (Å²) in [5, 5.41) is 0. The number of hydrogen-bond acceptors (Lipinski definition) is 1. The van der Waals surface area contributed by atoms with Gasteiger partial charge in [0.05, 0.1) is 0 Å². The first-order chi connectivity index (χ1) is 9.22. The average molecular weight is 500 g/mol. The highest BCUT2D eigenvalue weighted by Crippen LogP contribution is 2.32. The number of rotatable bonds is 9. The molecule has 0 radical (unpaired) electrons. The molecule has 1 aromatic carbocycles. The highest BCUT2D eigenvalue weighted by atomic mass is 127. The van der Waals surface area contributed by atoms with Gasteiger partial charge in [-0.15, -0.1) is 0 Å². The molecule has 1 atom stereocenters. The first-order valence-electron chi connectivity index (χ1n) is 6.95. The monoisotopic (exact) mass is 500 g/mol. The highest BCUT2D eigenvalue weighted by Gasteiger charge is 2.03. The molecule has 0 heterocycles. The normalized spacial score (nSPS) is 13.5. The van der Waals surface area contributed by atoms with Crippen LogP contribution in [-0.2, 0) is 0 Å². The van der Waals surface area contributed by atoms with Gasteiger partial charge in [0.15, 0.2) is 0 Å². The topological polar surface area (TPSA) is 0 Å². The molecule has 0 aliphatic carbocycles. The van der Waals surface area contributed by atoms with Gasteiger partial charge in [0.1, 0.15) is 0 Å². The van der Waals surface area contributed by atoms with E-state index in [0.717, 1.165) is 3.92 Å². The van der Waals surface area contributed by atoms with Crippen LogP contribution in [0.25, 0.3) is 0 Å². The Morgan fingerprint density at radius 1 is 1.21 bits per heavy atom. The van der Waals surface area contributed by atoms with E-state index in [1.54, 1.807) is 0 Å². The van der Waals surface area contributed by atoms with Gasteiger partial charge in [0.2, 0.25) is 0 Å². The molecule has 0 nitrogen and oxygen atoms in total. The third-order valence-electron chi connectivity index (χ3n) is 2.86. The standard InChI is InChI=1S/C16H22I2S/c1-2-3-4-6-9-14(17)12-13-16(18)19-15-10-7-5-8-11-15/h5,7-8,10-11,13-14H,2-4,6,9,12H2,1H3/b16-13+. The van der Waals surface area contributed by atoms with Gasteiger partial charge >= 0.3 is 0 Å². The lowest BCUT2D eigenvalue weighted by Crippen LogP contribution is -1.95. The van der Waals surface area contributed by atoms with E-state index in [1.165, 1.54) is 46.3 Å². The predicted octanol–water partition coefficient (Wildman–Crippen LogP) is 7.22. The number of halogens is 2. The van der Waals surface area contributed by atoms with E-state index >= 15 is 0 Å². The second-order valence-electron chi connectivity index (χ2n) is 4.61. The molecule has 0 amide bonds.